The number of carbonyl (C=O) groups is 1. The van der Waals surface area contributed by atoms with E-state index in [1.165, 1.54) is 12.1 Å². The van der Waals surface area contributed by atoms with Gasteiger partial charge in [0.1, 0.15) is 5.82 Å². The number of nitrogens with zero attached hydrogens (tertiary/aromatic N) is 2. The summed E-state index contributed by atoms with van der Waals surface area (Å²) in [7, 11) is 0. The van der Waals surface area contributed by atoms with Crippen LogP contribution in [0.1, 0.15) is 16.9 Å². The molecule has 3 rings (SSSR count). The molecule has 1 amide bonds. The lowest BCUT2D eigenvalue weighted by Crippen LogP contribution is -2.29. The number of benzene rings is 1. The van der Waals surface area contributed by atoms with Gasteiger partial charge in [-0.2, -0.15) is 5.10 Å². The highest BCUT2D eigenvalue weighted by atomic mass is 19.1. The molecule has 2 heterocycles. The summed E-state index contributed by atoms with van der Waals surface area (Å²) in [5, 5.41) is 7.07. The zero-order valence-electron chi connectivity index (χ0n) is 11.5. The molecule has 0 radical (unpaired) electrons. The van der Waals surface area contributed by atoms with Gasteiger partial charge in [0.25, 0.3) is 5.91 Å². The van der Waals surface area contributed by atoms with Crippen LogP contribution in [-0.4, -0.2) is 35.4 Å². The highest BCUT2D eigenvalue weighted by Gasteiger charge is 2.17. The van der Waals surface area contributed by atoms with Crippen LogP contribution in [0, 0.1) is 11.7 Å². The number of halogens is 1. The van der Waals surface area contributed by atoms with E-state index in [0.717, 1.165) is 13.0 Å². The Hall–Kier alpha value is -2.21. The van der Waals surface area contributed by atoms with Gasteiger partial charge in [0.2, 0.25) is 0 Å². The summed E-state index contributed by atoms with van der Waals surface area (Å²) in [5.41, 5.74) is 1.05. The first-order chi connectivity index (χ1) is 10.2. The molecule has 21 heavy (non-hydrogen) atoms. The van der Waals surface area contributed by atoms with Crippen LogP contribution in [0.5, 0.6) is 0 Å². The van der Waals surface area contributed by atoms with Gasteiger partial charge in [-0.3, -0.25) is 4.79 Å². The fraction of sp³-hybridized carbons (Fsp3) is 0.333. The van der Waals surface area contributed by atoms with Gasteiger partial charge in [-0.25, -0.2) is 9.07 Å². The average Bonchev–Trinajstić information content (AvgIpc) is 3.17. The molecule has 2 aromatic rings. The Bertz CT molecular complexity index is 618. The summed E-state index contributed by atoms with van der Waals surface area (Å²) < 4.78 is 19.7. The summed E-state index contributed by atoms with van der Waals surface area (Å²) >= 11 is 0. The second-order valence-electron chi connectivity index (χ2n) is 5.06. The number of nitrogens with one attached hydrogen (secondary N) is 1. The molecule has 0 unspecified atom stereocenters. The van der Waals surface area contributed by atoms with Crippen molar-refractivity contribution in [2.24, 2.45) is 5.92 Å². The molecule has 1 aromatic carbocycles. The highest BCUT2D eigenvalue weighted by molar-refractivity contribution is 5.92. The highest BCUT2D eigenvalue weighted by Crippen LogP contribution is 2.11. The normalized spacial score (nSPS) is 17.9. The second-order valence-corrected chi connectivity index (χ2v) is 5.06. The van der Waals surface area contributed by atoms with Gasteiger partial charge in [-0.1, -0.05) is 0 Å². The zero-order chi connectivity index (χ0) is 14.7. The Morgan fingerprint density at radius 3 is 2.90 bits per heavy atom. The molecule has 1 aliphatic heterocycles. The van der Waals surface area contributed by atoms with E-state index in [9.17, 15) is 9.18 Å². The summed E-state index contributed by atoms with van der Waals surface area (Å²) in [5.74, 6) is -0.126. The van der Waals surface area contributed by atoms with Crippen LogP contribution in [-0.2, 0) is 4.74 Å². The summed E-state index contributed by atoms with van der Waals surface area (Å²) in [6.07, 6.45) is 2.66. The van der Waals surface area contributed by atoms with Crippen LogP contribution in [0.15, 0.2) is 36.5 Å². The van der Waals surface area contributed by atoms with Crippen molar-refractivity contribution in [2.45, 2.75) is 6.42 Å². The lowest BCUT2D eigenvalue weighted by Gasteiger charge is -2.07. The van der Waals surface area contributed by atoms with Crippen molar-refractivity contribution in [3.63, 3.8) is 0 Å². The first kappa shape index (κ1) is 13.8. The number of ether oxygens (including phenoxy) is 1. The van der Waals surface area contributed by atoms with Crippen molar-refractivity contribution >= 4 is 5.91 Å². The van der Waals surface area contributed by atoms with E-state index < -0.39 is 0 Å². The average molecular weight is 289 g/mol. The monoisotopic (exact) mass is 289 g/mol. The predicted octanol–water partition coefficient (Wildman–Crippen LogP) is 1.78. The largest absolute Gasteiger partial charge is 0.381 e. The third kappa shape index (κ3) is 3.28. The van der Waals surface area contributed by atoms with E-state index in [1.54, 1.807) is 29.1 Å². The Balaban J connectivity index is 1.63. The van der Waals surface area contributed by atoms with E-state index in [2.05, 4.69) is 10.4 Å². The number of aromatic nitrogens is 2. The van der Waals surface area contributed by atoms with Crippen molar-refractivity contribution in [2.75, 3.05) is 19.8 Å². The molecule has 0 aliphatic carbocycles. The number of hydrogen-bond acceptors (Lipinski definition) is 3. The molecular weight excluding hydrogens is 273 g/mol. The van der Waals surface area contributed by atoms with E-state index >= 15 is 0 Å². The summed E-state index contributed by atoms with van der Waals surface area (Å²) in [6, 6.07) is 7.58. The van der Waals surface area contributed by atoms with E-state index in [0.29, 0.717) is 30.5 Å². The maximum Gasteiger partial charge on any atom is 0.271 e. The maximum atomic E-state index is 12.9. The molecule has 1 aliphatic rings. The van der Waals surface area contributed by atoms with Crippen molar-refractivity contribution in [1.29, 1.82) is 0 Å². The molecule has 0 saturated carbocycles. The SMILES string of the molecule is O=C(NC[C@@H]1CCOC1)c1ccn(-c2ccc(F)cc2)n1. The summed E-state index contributed by atoms with van der Waals surface area (Å²) in [6.45, 7) is 2.06. The first-order valence-corrected chi connectivity index (χ1v) is 6.90. The molecular formula is C15H16FN3O2. The van der Waals surface area contributed by atoms with Gasteiger partial charge in [-0.15, -0.1) is 0 Å². The van der Waals surface area contributed by atoms with Crippen molar-refractivity contribution in [3.8, 4) is 5.69 Å². The van der Waals surface area contributed by atoms with Crippen molar-refractivity contribution < 1.29 is 13.9 Å². The quantitative estimate of drug-likeness (QED) is 0.933. The molecule has 110 valence electrons. The van der Waals surface area contributed by atoms with Gasteiger partial charge < -0.3 is 10.1 Å². The van der Waals surface area contributed by atoms with Crippen LogP contribution in [0.3, 0.4) is 0 Å². The zero-order valence-corrected chi connectivity index (χ0v) is 11.5. The third-order valence-electron chi connectivity index (χ3n) is 3.49. The van der Waals surface area contributed by atoms with Gasteiger partial charge in [0.05, 0.1) is 12.3 Å². The minimum Gasteiger partial charge on any atom is -0.381 e. The fourth-order valence-electron chi connectivity index (χ4n) is 2.25. The lowest BCUT2D eigenvalue weighted by atomic mass is 10.1. The topological polar surface area (TPSA) is 56.1 Å². The van der Waals surface area contributed by atoms with Crippen molar-refractivity contribution in [3.05, 3.63) is 48.0 Å². The fourth-order valence-corrected chi connectivity index (χ4v) is 2.25. The number of amides is 1. The van der Waals surface area contributed by atoms with Gasteiger partial charge >= 0.3 is 0 Å². The Morgan fingerprint density at radius 1 is 1.38 bits per heavy atom. The maximum absolute atomic E-state index is 12.9. The van der Waals surface area contributed by atoms with Crippen LogP contribution in [0.4, 0.5) is 4.39 Å². The lowest BCUT2D eigenvalue weighted by molar-refractivity contribution is 0.0939. The molecule has 0 spiro atoms. The number of carbonyl (C=O) groups excluding carboxylic acids is 1. The minimum absolute atomic E-state index is 0.206. The number of hydrogen-bond donors (Lipinski definition) is 1. The summed E-state index contributed by atoms with van der Waals surface area (Å²) in [4.78, 5) is 12.0. The minimum atomic E-state index is -0.303. The second kappa shape index (κ2) is 6.05. The molecule has 1 N–H and O–H groups in total. The molecule has 6 heteroatoms. The van der Waals surface area contributed by atoms with Gasteiger partial charge in [0, 0.05) is 25.3 Å². The molecule has 5 nitrogen and oxygen atoms in total. The standard InChI is InChI=1S/C15H16FN3O2/c16-12-1-3-13(4-2-12)19-7-5-14(18-19)15(20)17-9-11-6-8-21-10-11/h1-5,7,11H,6,8-10H2,(H,17,20)/t11-/m0/s1. The van der Waals surface area contributed by atoms with Gasteiger partial charge in [0.15, 0.2) is 5.69 Å². The van der Waals surface area contributed by atoms with Crippen LogP contribution in [0.2, 0.25) is 0 Å². The Morgan fingerprint density at radius 2 is 2.19 bits per heavy atom. The third-order valence-corrected chi connectivity index (χ3v) is 3.49. The van der Waals surface area contributed by atoms with Crippen LogP contribution in [0.25, 0.3) is 5.69 Å². The van der Waals surface area contributed by atoms with E-state index in [-0.39, 0.29) is 11.7 Å². The molecule has 1 atom stereocenters. The Kier molecular flexibility index (Phi) is 3.96. The molecule has 0 bridgehead atoms. The van der Waals surface area contributed by atoms with Gasteiger partial charge in [-0.05, 0) is 36.8 Å². The van der Waals surface area contributed by atoms with Crippen LogP contribution >= 0.6 is 0 Å². The number of rotatable bonds is 4. The van der Waals surface area contributed by atoms with Crippen LogP contribution < -0.4 is 5.32 Å². The molecule has 1 fully saturated rings. The van der Waals surface area contributed by atoms with Crippen molar-refractivity contribution in [1.82, 2.24) is 15.1 Å². The smallest absolute Gasteiger partial charge is 0.271 e. The van der Waals surface area contributed by atoms with E-state index in [1.807, 2.05) is 0 Å². The first-order valence-electron chi connectivity index (χ1n) is 6.90. The molecule has 1 aromatic heterocycles. The molecule has 1 saturated heterocycles. The van der Waals surface area contributed by atoms with E-state index in [4.69, 9.17) is 4.74 Å². The predicted molar refractivity (Wildman–Crippen MR) is 74.8 cm³/mol. The Labute approximate surface area is 121 Å².